The molecule has 1 aromatic carbocycles. The van der Waals surface area contributed by atoms with Crippen LogP contribution < -0.4 is 10.2 Å². The summed E-state index contributed by atoms with van der Waals surface area (Å²) in [4.78, 5) is 11.7. The van der Waals surface area contributed by atoms with Crippen LogP contribution in [0.15, 0.2) is 34.3 Å². The number of carbonyl (C=O) groups excluding carboxylic acids is 1. The highest BCUT2D eigenvalue weighted by Gasteiger charge is 2.12. The fraction of sp³-hybridized carbons (Fsp3) is 0.286. The van der Waals surface area contributed by atoms with Crippen molar-refractivity contribution in [3.05, 3.63) is 29.8 Å². The Morgan fingerprint density at radius 2 is 2.20 bits per heavy atom. The molecule has 0 saturated heterocycles. The first kappa shape index (κ1) is 14.6. The Morgan fingerprint density at radius 1 is 1.40 bits per heavy atom. The molecule has 2 rings (SSSR count). The quantitative estimate of drug-likeness (QED) is 0.859. The van der Waals surface area contributed by atoms with Gasteiger partial charge in [0.15, 0.2) is 10.6 Å². The van der Waals surface area contributed by atoms with Crippen LogP contribution in [0.5, 0.6) is 5.75 Å². The minimum Gasteiger partial charge on any atom is -0.612 e. The van der Waals surface area contributed by atoms with Crippen molar-refractivity contribution in [1.29, 1.82) is 0 Å². The number of allylic oxidation sites excluding steroid dienone is 1. The molecule has 0 fully saturated rings. The third-order valence-electron chi connectivity index (χ3n) is 2.90. The van der Waals surface area contributed by atoms with Crippen LogP contribution in [0.25, 0.3) is 6.08 Å². The number of hydrogen-bond acceptors (Lipinski definition) is 4. The molecule has 0 bridgehead atoms. The van der Waals surface area contributed by atoms with Gasteiger partial charge in [-0.25, -0.2) is 5.43 Å². The maximum Gasteiger partial charge on any atom is 0.240 e. The van der Waals surface area contributed by atoms with E-state index in [0.29, 0.717) is 23.5 Å². The zero-order valence-electron chi connectivity index (χ0n) is 11.4. The summed E-state index contributed by atoms with van der Waals surface area (Å²) in [7, 11) is 1.56. The van der Waals surface area contributed by atoms with Gasteiger partial charge in [-0.15, -0.1) is 0 Å². The second-order valence-electron chi connectivity index (χ2n) is 4.34. The van der Waals surface area contributed by atoms with Crippen LogP contribution in [0.3, 0.4) is 0 Å². The number of rotatable bonds is 4. The molecule has 20 heavy (non-hydrogen) atoms. The van der Waals surface area contributed by atoms with Gasteiger partial charge in [-0.1, -0.05) is 6.08 Å². The number of amides is 1. The number of ether oxygens (including phenoxy) is 1. The number of carbonyl (C=O) groups is 1. The largest absolute Gasteiger partial charge is 0.612 e. The maximum absolute atomic E-state index is 11.5. The van der Waals surface area contributed by atoms with E-state index in [-0.39, 0.29) is 5.91 Å². The Labute approximate surface area is 120 Å². The van der Waals surface area contributed by atoms with Crippen LogP contribution in [0.2, 0.25) is 0 Å². The van der Waals surface area contributed by atoms with Gasteiger partial charge in [-0.05, 0) is 41.0 Å². The molecule has 5 nitrogen and oxygen atoms in total. The van der Waals surface area contributed by atoms with Crippen molar-refractivity contribution in [3.63, 3.8) is 0 Å². The predicted molar refractivity (Wildman–Crippen MR) is 79.2 cm³/mol. The van der Waals surface area contributed by atoms with Gasteiger partial charge < -0.3 is 9.29 Å². The molecule has 6 heteroatoms. The second kappa shape index (κ2) is 6.58. The monoisotopic (exact) mass is 292 g/mol. The van der Waals surface area contributed by atoms with Crippen molar-refractivity contribution in [3.8, 4) is 5.75 Å². The summed E-state index contributed by atoms with van der Waals surface area (Å²) < 4.78 is 16.8. The summed E-state index contributed by atoms with van der Waals surface area (Å²) in [5.41, 5.74) is 4.20. The molecule has 106 valence electrons. The van der Waals surface area contributed by atoms with Gasteiger partial charge in [-0.3, -0.25) is 4.79 Å². The lowest BCUT2D eigenvalue weighted by Gasteiger charge is -2.10. The normalized spacial score (nSPS) is 16.8. The molecule has 0 radical (unpaired) electrons. The third-order valence-corrected chi connectivity index (χ3v) is 3.85. The summed E-state index contributed by atoms with van der Waals surface area (Å²) in [5.74, 6) is 0.547. The SMILES string of the molecule is COc1cc(C=CC2=NNC(=O)CC2)ccc1[S+](C)[O-]. The molecule has 1 heterocycles. The van der Waals surface area contributed by atoms with Crippen LogP contribution in [-0.4, -0.2) is 29.5 Å². The Morgan fingerprint density at radius 3 is 2.80 bits per heavy atom. The Kier molecular flexibility index (Phi) is 4.81. The van der Waals surface area contributed by atoms with Gasteiger partial charge in [0, 0.05) is 12.8 Å². The van der Waals surface area contributed by atoms with Crippen molar-refractivity contribution >= 4 is 28.9 Å². The van der Waals surface area contributed by atoms with Gasteiger partial charge in [0.2, 0.25) is 5.91 Å². The predicted octanol–water partition coefficient (Wildman–Crippen LogP) is 1.71. The number of hydrazone groups is 1. The molecule has 1 amide bonds. The van der Waals surface area contributed by atoms with E-state index in [1.807, 2.05) is 24.3 Å². The standard InChI is InChI=1S/C14H16N2O3S/c1-19-12-9-10(4-7-13(12)20(2)18)3-5-11-6-8-14(17)16-15-11/h3-5,7,9H,6,8H2,1-2H3,(H,16,17). The molecule has 1 N–H and O–H groups in total. The smallest absolute Gasteiger partial charge is 0.240 e. The zero-order valence-corrected chi connectivity index (χ0v) is 12.2. The van der Waals surface area contributed by atoms with E-state index in [0.717, 1.165) is 11.3 Å². The minimum atomic E-state index is -1.08. The summed E-state index contributed by atoms with van der Waals surface area (Å²) in [6, 6.07) is 5.49. The number of methoxy groups -OCH3 is 1. The number of nitrogens with one attached hydrogen (secondary N) is 1. The fourth-order valence-corrected chi connectivity index (χ4v) is 2.51. The van der Waals surface area contributed by atoms with E-state index in [4.69, 9.17) is 4.74 Å². The van der Waals surface area contributed by atoms with Crippen molar-refractivity contribution in [1.82, 2.24) is 5.43 Å². The molecule has 1 aromatic rings. The van der Waals surface area contributed by atoms with Gasteiger partial charge in [0.25, 0.3) is 0 Å². The van der Waals surface area contributed by atoms with Crippen molar-refractivity contribution in [2.24, 2.45) is 5.10 Å². The lowest BCUT2D eigenvalue weighted by Crippen LogP contribution is -2.24. The Bertz CT molecular complexity index is 568. The van der Waals surface area contributed by atoms with Crippen molar-refractivity contribution < 1.29 is 14.1 Å². The molecule has 1 atom stereocenters. The summed E-state index contributed by atoms with van der Waals surface area (Å²) >= 11 is -1.08. The number of benzene rings is 1. The van der Waals surface area contributed by atoms with Crippen LogP contribution in [0.1, 0.15) is 18.4 Å². The highest BCUT2D eigenvalue weighted by Crippen LogP contribution is 2.25. The number of hydrogen-bond donors (Lipinski definition) is 1. The summed E-state index contributed by atoms with van der Waals surface area (Å²) in [6.45, 7) is 0. The second-order valence-corrected chi connectivity index (χ2v) is 5.68. The van der Waals surface area contributed by atoms with Gasteiger partial charge >= 0.3 is 0 Å². The van der Waals surface area contributed by atoms with Gasteiger partial charge in [0.1, 0.15) is 6.26 Å². The molecular weight excluding hydrogens is 276 g/mol. The highest BCUT2D eigenvalue weighted by atomic mass is 32.2. The third kappa shape index (κ3) is 3.61. The van der Waals surface area contributed by atoms with Crippen LogP contribution in [0, 0.1) is 0 Å². The Hall–Kier alpha value is -1.79. The lowest BCUT2D eigenvalue weighted by molar-refractivity contribution is -0.121. The Balaban J connectivity index is 2.15. The zero-order chi connectivity index (χ0) is 14.5. The van der Waals surface area contributed by atoms with Crippen molar-refractivity contribution in [2.75, 3.05) is 13.4 Å². The summed E-state index contributed by atoms with van der Waals surface area (Å²) in [5, 5.41) is 3.96. The maximum atomic E-state index is 11.5. The van der Waals surface area contributed by atoms with Crippen molar-refractivity contribution in [2.45, 2.75) is 17.7 Å². The molecule has 1 unspecified atom stereocenters. The van der Waals surface area contributed by atoms with Crippen LogP contribution in [-0.2, 0) is 16.0 Å². The van der Waals surface area contributed by atoms with E-state index in [9.17, 15) is 9.35 Å². The lowest BCUT2D eigenvalue weighted by atomic mass is 10.1. The number of nitrogens with zero attached hydrogens (tertiary/aromatic N) is 1. The minimum absolute atomic E-state index is 0.0569. The van der Waals surface area contributed by atoms with E-state index in [2.05, 4.69) is 10.5 Å². The first-order valence-electron chi connectivity index (χ1n) is 6.15. The van der Waals surface area contributed by atoms with E-state index in [1.54, 1.807) is 19.4 Å². The average Bonchev–Trinajstić information content (AvgIpc) is 2.46. The molecule has 0 aliphatic carbocycles. The molecular formula is C14H16N2O3S. The topological polar surface area (TPSA) is 73.8 Å². The average molecular weight is 292 g/mol. The first-order chi connectivity index (χ1) is 9.60. The van der Waals surface area contributed by atoms with Crippen LogP contribution >= 0.6 is 0 Å². The fourth-order valence-electron chi connectivity index (χ4n) is 1.83. The van der Waals surface area contributed by atoms with Gasteiger partial charge in [-0.2, -0.15) is 5.10 Å². The van der Waals surface area contributed by atoms with E-state index in [1.165, 1.54) is 0 Å². The van der Waals surface area contributed by atoms with Gasteiger partial charge in [0.05, 0.1) is 12.8 Å². The summed E-state index contributed by atoms with van der Waals surface area (Å²) in [6.07, 6.45) is 6.46. The first-order valence-corrected chi connectivity index (χ1v) is 7.71. The molecule has 1 aliphatic rings. The van der Waals surface area contributed by atoms with E-state index < -0.39 is 11.2 Å². The van der Waals surface area contributed by atoms with E-state index >= 15 is 0 Å². The molecule has 0 spiro atoms. The molecule has 1 aliphatic heterocycles. The molecule has 0 saturated carbocycles. The van der Waals surface area contributed by atoms with Crippen LogP contribution in [0.4, 0.5) is 0 Å². The molecule has 0 aromatic heterocycles. The highest BCUT2D eigenvalue weighted by molar-refractivity contribution is 7.90.